The predicted molar refractivity (Wildman–Crippen MR) is 116 cm³/mol. The van der Waals surface area contributed by atoms with E-state index in [0.29, 0.717) is 31.1 Å². The van der Waals surface area contributed by atoms with Gasteiger partial charge in [-0.1, -0.05) is 29.4 Å². The van der Waals surface area contributed by atoms with Crippen molar-refractivity contribution < 1.29 is 24.2 Å². The maximum absolute atomic E-state index is 11.2. The number of carboxylic acids is 1. The summed E-state index contributed by atoms with van der Waals surface area (Å²) in [4.78, 5) is 21.1. The summed E-state index contributed by atoms with van der Waals surface area (Å²) < 4.78 is 12.2. The molecule has 7 nitrogen and oxygen atoms in total. The Morgan fingerprint density at radius 3 is 2.57 bits per heavy atom. The van der Waals surface area contributed by atoms with E-state index < -0.39 is 12.1 Å². The van der Waals surface area contributed by atoms with Crippen LogP contribution in [-0.4, -0.2) is 47.7 Å². The predicted octanol–water partition coefficient (Wildman–Crippen LogP) is 4.15. The first-order valence-electron chi connectivity index (χ1n) is 9.71. The van der Waals surface area contributed by atoms with Gasteiger partial charge in [0.05, 0.1) is 10.2 Å². The number of benzene rings is 2. The Hall–Kier alpha value is -2.97. The maximum atomic E-state index is 11.2. The fraction of sp³-hybridized carbons (Fsp3) is 0.318. The Bertz CT molecular complexity index is 967. The van der Waals surface area contributed by atoms with E-state index in [4.69, 9.17) is 14.3 Å². The molecule has 8 heteroatoms. The number of aromatic nitrogens is 1. The van der Waals surface area contributed by atoms with E-state index in [9.17, 15) is 9.90 Å². The average Bonchev–Trinajstić information content (AvgIpc) is 3.18. The van der Waals surface area contributed by atoms with Gasteiger partial charge in [-0.05, 0) is 43.7 Å². The molecule has 0 amide bonds. The molecular weight excluding hydrogens is 404 g/mol. The minimum atomic E-state index is -0.968. The molecule has 158 valence electrons. The number of aliphatic carboxylic acids is 1. The summed E-state index contributed by atoms with van der Waals surface area (Å²) in [6.45, 7) is 4.65. The molecule has 1 N–H and O–H groups in total. The molecular formula is C22H24N2O5S. The van der Waals surface area contributed by atoms with Gasteiger partial charge in [-0.3, -0.25) is 0 Å². The summed E-state index contributed by atoms with van der Waals surface area (Å²) in [6.07, 6.45) is -0.558. The Morgan fingerprint density at radius 1 is 1.13 bits per heavy atom. The molecule has 2 aromatic carbocycles. The molecule has 1 aromatic heterocycles. The summed E-state index contributed by atoms with van der Waals surface area (Å²) in [6, 6.07) is 15.2. The zero-order chi connectivity index (χ0) is 21.3. The number of nitrogens with zero attached hydrogens (tertiary/aromatic N) is 2. The van der Waals surface area contributed by atoms with Gasteiger partial charge in [-0.25, -0.2) is 9.78 Å². The Balaban J connectivity index is 1.67. The van der Waals surface area contributed by atoms with Crippen LogP contribution in [0.15, 0.2) is 53.7 Å². The van der Waals surface area contributed by atoms with Crippen LogP contribution in [0.25, 0.3) is 10.2 Å². The molecule has 1 unspecified atom stereocenters. The van der Waals surface area contributed by atoms with Crippen molar-refractivity contribution in [1.82, 2.24) is 4.98 Å². The number of carboxylic acid groups (broad SMARTS) is 1. The number of carbonyl (C=O) groups is 1. The van der Waals surface area contributed by atoms with Gasteiger partial charge in [0.1, 0.15) is 24.0 Å². The monoisotopic (exact) mass is 428 g/mol. The zero-order valence-corrected chi connectivity index (χ0v) is 17.7. The van der Waals surface area contributed by atoms with Gasteiger partial charge in [0.25, 0.3) is 0 Å². The van der Waals surface area contributed by atoms with E-state index in [0.717, 1.165) is 20.8 Å². The Labute approximate surface area is 178 Å². The third-order valence-corrected chi connectivity index (χ3v) is 5.29. The SMILES string of the molecule is CCO/N=C(/COc1ccc(CC(OCC)C(=O)O)cc1)c1nc2ccccc2s1. The van der Waals surface area contributed by atoms with E-state index in [-0.39, 0.29) is 6.61 Å². The van der Waals surface area contributed by atoms with Gasteiger partial charge >= 0.3 is 5.97 Å². The van der Waals surface area contributed by atoms with Crippen LogP contribution in [0, 0.1) is 0 Å². The maximum Gasteiger partial charge on any atom is 0.333 e. The number of fused-ring (bicyclic) bond motifs is 1. The lowest BCUT2D eigenvalue weighted by Gasteiger charge is -2.13. The molecule has 30 heavy (non-hydrogen) atoms. The number of ether oxygens (including phenoxy) is 2. The Morgan fingerprint density at radius 2 is 1.90 bits per heavy atom. The minimum Gasteiger partial charge on any atom is -0.487 e. The molecule has 0 spiro atoms. The molecule has 0 aliphatic heterocycles. The molecule has 0 aliphatic carbocycles. The Kier molecular flexibility index (Phi) is 7.75. The van der Waals surface area contributed by atoms with Gasteiger partial charge < -0.3 is 19.4 Å². The smallest absolute Gasteiger partial charge is 0.333 e. The van der Waals surface area contributed by atoms with Crippen molar-refractivity contribution in [3.63, 3.8) is 0 Å². The summed E-state index contributed by atoms with van der Waals surface area (Å²) in [7, 11) is 0. The fourth-order valence-corrected chi connectivity index (χ4v) is 3.70. The van der Waals surface area contributed by atoms with Crippen LogP contribution in [0.4, 0.5) is 0 Å². The van der Waals surface area contributed by atoms with Crippen molar-refractivity contribution in [2.75, 3.05) is 19.8 Å². The topological polar surface area (TPSA) is 90.2 Å². The lowest BCUT2D eigenvalue weighted by molar-refractivity contribution is -0.149. The minimum absolute atomic E-state index is 0.204. The van der Waals surface area contributed by atoms with Crippen LogP contribution in [0.5, 0.6) is 5.75 Å². The second-order valence-electron chi connectivity index (χ2n) is 6.36. The van der Waals surface area contributed by atoms with Crippen LogP contribution in [0.3, 0.4) is 0 Å². The lowest BCUT2D eigenvalue weighted by Crippen LogP contribution is -2.26. The largest absolute Gasteiger partial charge is 0.487 e. The van der Waals surface area contributed by atoms with E-state index >= 15 is 0 Å². The number of hydrogen-bond donors (Lipinski definition) is 1. The molecule has 1 heterocycles. The first-order chi connectivity index (χ1) is 14.6. The van der Waals surface area contributed by atoms with E-state index in [1.54, 1.807) is 19.1 Å². The van der Waals surface area contributed by atoms with Crippen molar-refractivity contribution in [2.24, 2.45) is 5.16 Å². The van der Waals surface area contributed by atoms with Crippen LogP contribution in [-0.2, 0) is 20.8 Å². The second kappa shape index (κ2) is 10.7. The van der Waals surface area contributed by atoms with Gasteiger partial charge in [-0.2, -0.15) is 0 Å². The van der Waals surface area contributed by atoms with Crippen LogP contribution < -0.4 is 4.74 Å². The number of thiazole rings is 1. The highest BCUT2D eigenvalue weighted by molar-refractivity contribution is 7.20. The van der Waals surface area contributed by atoms with Crippen molar-refractivity contribution >= 4 is 33.2 Å². The van der Waals surface area contributed by atoms with E-state index in [2.05, 4.69) is 10.1 Å². The molecule has 0 bridgehead atoms. The number of para-hydroxylation sites is 1. The summed E-state index contributed by atoms with van der Waals surface area (Å²) in [5.74, 6) is -0.322. The van der Waals surface area contributed by atoms with Crippen molar-refractivity contribution in [2.45, 2.75) is 26.4 Å². The first kappa shape index (κ1) is 21.7. The third-order valence-electron chi connectivity index (χ3n) is 4.21. The van der Waals surface area contributed by atoms with Crippen LogP contribution in [0.1, 0.15) is 24.4 Å². The quantitative estimate of drug-likeness (QED) is 0.365. The van der Waals surface area contributed by atoms with E-state index in [1.807, 2.05) is 43.3 Å². The first-order valence-corrected chi connectivity index (χ1v) is 10.5. The standard InChI is InChI=1S/C22H24N2O5S/c1-3-27-19(22(25)26)13-15-9-11-16(12-10-15)28-14-18(24-29-4-2)21-23-17-7-5-6-8-20(17)30-21/h5-12,19H,3-4,13-14H2,1-2H3,(H,25,26)/b24-18-. The molecule has 0 aliphatic rings. The zero-order valence-electron chi connectivity index (χ0n) is 16.9. The average molecular weight is 429 g/mol. The number of oxime groups is 1. The molecule has 3 rings (SSSR count). The molecule has 0 saturated heterocycles. The molecule has 3 aromatic rings. The van der Waals surface area contributed by atoms with E-state index in [1.165, 1.54) is 11.3 Å². The number of rotatable bonds is 11. The van der Waals surface area contributed by atoms with Gasteiger partial charge in [0.15, 0.2) is 11.8 Å². The summed E-state index contributed by atoms with van der Waals surface area (Å²) >= 11 is 1.54. The van der Waals surface area contributed by atoms with Gasteiger partial charge in [0, 0.05) is 13.0 Å². The van der Waals surface area contributed by atoms with Crippen molar-refractivity contribution in [1.29, 1.82) is 0 Å². The molecule has 1 atom stereocenters. The fourth-order valence-electron chi connectivity index (χ4n) is 2.77. The number of hydrogen-bond acceptors (Lipinski definition) is 7. The molecule has 0 radical (unpaired) electrons. The van der Waals surface area contributed by atoms with Crippen LogP contribution in [0.2, 0.25) is 0 Å². The molecule has 0 fully saturated rings. The highest BCUT2D eigenvalue weighted by Gasteiger charge is 2.18. The van der Waals surface area contributed by atoms with Crippen molar-refractivity contribution in [3.05, 3.63) is 59.1 Å². The van der Waals surface area contributed by atoms with Crippen LogP contribution >= 0.6 is 11.3 Å². The van der Waals surface area contributed by atoms with Gasteiger partial charge in [0.2, 0.25) is 0 Å². The lowest BCUT2D eigenvalue weighted by atomic mass is 10.1. The van der Waals surface area contributed by atoms with Crippen molar-refractivity contribution in [3.8, 4) is 5.75 Å². The second-order valence-corrected chi connectivity index (χ2v) is 7.39. The summed E-state index contributed by atoms with van der Waals surface area (Å²) in [5, 5.41) is 14.1. The highest BCUT2D eigenvalue weighted by Crippen LogP contribution is 2.23. The molecule has 0 saturated carbocycles. The summed E-state index contributed by atoms with van der Waals surface area (Å²) in [5.41, 5.74) is 2.38. The highest BCUT2D eigenvalue weighted by atomic mass is 32.1. The normalized spacial score (nSPS) is 12.7. The van der Waals surface area contributed by atoms with Gasteiger partial charge in [-0.15, -0.1) is 11.3 Å². The third kappa shape index (κ3) is 5.77.